The smallest absolute Gasteiger partial charge is 0.136 e. The van der Waals surface area contributed by atoms with Crippen molar-refractivity contribution in [3.05, 3.63) is 0 Å². The fourth-order valence-corrected chi connectivity index (χ4v) is 0.652. The van der Waals surface area contributed by atoms with E-state index in [0.717, 1.165) is 17.6 Å². The molecule has 0 rings (SSSR count). The molecular formula is C8H16N+. The van der Waals surface area contributed by atoms with Crippen LogP contribution in [-0.4, -0.2) is 24.6 Å². The van der Waals surface area contributed by atoms with Crippen LogP contribution in [0.15, 0.2) is 0 Å². The van der Waals surface area contributed by atoms with Crippen molar-refractivity contribution >= 4 is 0 Å². The van der Waals surface area contributed by atoms with E-state index in [1.165, 1.54) is 0 Å². The lowest BCUT2D eigenvalue weighted by molar-refractivity contribution is -0.839. The van der Waals surface area contributed by atoms with Crippen molar-refractivity contribution in [2.75, 3.05) is 20.1 Å². The normalized spacial score (nSPS) is 10.2. The van der Waals surface area contributed by atoms with Gasteiger partial charge in [-0.3, -0.25) is 0 Å². The Labute approximate surface area is 58.3 Å². The van der Waals surface area contributed by atoms with Crippen molar-refractivity contribution in [3.63, 3.8) is 0 Å². The second-order valence-electron chi connectivity index (χ2n) is 2.39. The minimum absolute atomic E-state index is 0.872. The van der Waals surface area contributed by atoms with Gasteiger partial charge in [0.2, 0.25) is 0 Å². The third-order valence-electron chi connectivity index (χ3n) is 1.78. The molecule has 0 aromatic heterocycles. The van der Waals surface area contributed by atoms with Crippen LogP contribution in [0.4, 0.5) is 0 Å². The molecule has 0 spiro atoms. The summed E-state index contributed by atoms with van der Waals surface area (Å²) in [6.45, 7) is 8.40. The largest absolute Gasteiger partial charge is 0.249 e. The van der Waals surface area contributed by atoms with Crippen LogP contribution in [0.2, 0.25) is 0 Å². The molecule has 0 saturated heterocycles. The molecule has 0 fully saturated rings. The summed E-state index contributed by atoms with van der Waals surface area (Å²) < 4.78 is 0.872. The SMILES string of the molecule is CC#C[N+](C)(CC)CC. The fraction of sp³-hybridized carbons (Fsp3) is 0.750. The second-order valence-corrected chi connectivity index (χ2v) is 2.39. The highest BCUT2D eigenvalue weighted by atomic mass is 15.3. The molecule has 0 heterocycles. The Morgan fingerprint density at radius 1 is 1.22 bits per heavy atom. The van der Waals surface area contributed by atoms with Gasteiger partial charge in [-0.2, -0.15) is 0 Å². The highest BCUT2D eigenvalue weighted by molar-refractivity contribution is 4.85. The van der Waals surface area contributed by atoms with Crippen LogP contribution in [0.25, 0.3) is 0 Å². The maximum atomic E-state index is 3.15. The van der Waals surface area contributed by atoms with Gasteiger partial charge in [-0.05, 0) is 19.8 Å². The van der Waals surface area contributed by atoms with E-state index in [4.69, 9.17) is 0 Å². The Balaban J connectivity index is 4.03. The average molecular weight is 126 g/mol. The lowest BCUT2D eigenvalue weighted by atomic mass is 10.4. The van der Waals surface area contributed by atoms with Crippen molar-refractivity contribution < 1.29 is 4.48 Å². The quantitative estimate of drug-likeness (QED) is 0.388. The molecule has 0 radical (unpaired) electrons. The lowest BCUT2D eigenvalue weighted by Crippen LogP contribution is -2.38. The molecule has 0 atom stereocenters. The van der Waals surface area contributed by atoms with Crippen LogP contribution in [0.3, 0.4) is 0 Å². The van der Waals surface area contributed by atoms with Crippen molar-refractivity contribution in [3.8, 4) is 12.0 Å². The average Bonchev–Trinajstić information content (AvgIpc) is 1.89. The molecule has 52 valence electrons. The molecular weight excluding hydrogens is 110 g/mol. The van der Waals surface area contributed by atoms with Gasteiger partial charge in [-0.15, -0.1) is 0 Å². The van der Waals surface area contributed by atoms with Crippen molar-refractivity contribution in [2.45, 2.75) is 20.8 Å². The molecule has 0 saturated carbocycles. The van der Waals surface area contributed by atoms with Gasteiger partial charge in [-0.1, -0.05) is 0 Å². The maximum Gasteiger partial charge on any atom is 0.136 e. The molecule has 0 aromatic rings. The molecule has 9 heavy (non-hydrogen) atoms. The molecule has 1 nitrogen and oxygen atoms in total. The van der Waals surface area contributed by atoms with Gasteiger partial charge in [-0.25, -0.2) is 4.48 Å². The monoisotopic (exact) mass is 126 g/mol. The highest BCUT2D eigenvalue weighted by Crippen LogP contribution is 1.96. The van der Waals surface area contributed by atoms with E-state index in [2.05, 4.69) is 32.9 Å². The van der Waals surface area contributed by atoms with Crippen molar-refractivity contribution in [2.24, 2.45) is 0 Å². The van der Waals surface area contributed by atoms with Gasteiger partial charge < -0.3 is 0 Å². The molecule has 0 aromatic carbocycles. The van der Waals surface area contributed by atoms with E-state index in [9.17, 15) is 0 Å². The topological polar surface area (TPSA) is 0 Å². The van der Waals surface area contributed by atoms with Crippen molar-refractivity contribution in [1.29, 1.82) is 0 Å². The van der Waals surface area contributed by atoms with Crippen LogP contribution < -0.4 is 0 Å². The summed E-state index contributed by atoms with van der Waals surface area (Å²) in [5.74, 6) is 2.93. The number of quaternary nitrogens is 1. The minimum atomic E-state index is 0.872. The highest BCUT2D eigenvalue weighted by Gasteiger charge is 2.11. The molecule has 1 heteroatoms. The van der Waals surface area contributed by atoms with E-state index in [1.54, 1.807) is 0 Å². The predicted octanol–water partition coefficient (Wildman–Crippen LogP) is 1.45. The second kappa shape index (κ2) is 3.53. The van der Waals surface area contributed by atoms with Gasteiger partial charge in [0.05, 0.1) is 20.1 Å². The summed E-state index contributed by atoms with van der Waals surface area (Å²) in [4.78, 5) is 0. The summed E-state index contributed by atoms with van der Waals surface area (Å²) in [6, 6.07) is 3.15. The van der Waals surface area contributed by atoms with E-state index >= 15 is 0 Å². The molecule has 0 N–H and O–H groups in total. The number of hydrogen-bond acceptors (Lipinski definition) is 0. The van der Waals surface area contributed by atoms with Crippen LogP contribution >= 0.6 is 0 Å². The van der Waals surface area contributed by atoms with Crippen molar-refractivity contribution in [1.82, 2.24) is 0 Å². The number of rotatable bonds is 2. The Morgan fingerprint density at radius 2 is 1.67 bits per heavy atom. The van der Waals surface area contributed by atoms with Crippen LogP contribution in [0.5, 0.6) is 0 Å². The molecule has 0 aliphatic rings. The first-order valence-corrected chi connectivity index (χ1v) is 3.47. The zero-order chi connectivity index (χ0) is 7.33. The summed E-state index contributed by atoms with van der Waals surface area (Å²) in [5, 5.41) is 0. The minimum Gasteiger partial charge on any atom is -0.249 e. The first-order valence-electron chi connectivity index (χ1n) is 3.47. The Morgan fingerprint density at radius 3 is 1.78 bits per heavy atom. The number of hydrogen-bond donors (Lipinski definition) is 0. The fourth-order valence-electron chi connectivity index (χ4n) is 0.652. The standard InChI is InChI=1S/C8H16N/c1-5-8-9(4,6-2)7-3/h6-7H2,1-4H3/q+1. The summed E-state index contributed by atoms with van der Waals surface area (Å²) >= 11 is 0. The molecule has 0 amide bonds. The Kier molecular flexibility index (Phi) is 3.34. The summed E-state index contributed by atoms with van der Waals surface area (Å²) in [7, 11) is 2.15. The third-order valence-corrected chi connectivity index (χ3v) is 1.78. The molecule has 0 aliphatic heterocycles. The Bertz CT molecular complexity index is 123. The van der Waals surface area contributed by atoms with E-state index in [0.29, 0.717) is 0 Å². The zero-order valence-electron chi connectivity index (χ0n) is 6.86. The first-order chi connectivity index (χ1) is 4.18. The van der Waals surface area contributed by atoms with Gasteiger partial charge in [0.25, 0.3) is 0 Å². The van der Waals surface area contributed by atoms with E-state index in [-0.39, 0.29) is 0 Å². The predicted molar refractivity (Wildman–Crippen MR) is 40.7 cm³/mol. The summed E-state index contributed by atoms with van der Waals surface area (Å²) in [5.41, 5.74) is 0. The van der Waals surface area contributed by atoms with Crippen LogP contribution in [0.1, 0.15) is 20.8 Å². The van der Waals surface area contributed by atoms with Crippen LogP contribution in [0, 0.1) is 12.0 Å². The van der Waals surface area contributed by atoms with Gasteiger partial charge in [0.1, 0.15) is 6.04 Å². The first kappa shape index (κ1) is 8.52. The molecule has 0 unspecified atom stereocenters. The zero-order valence-corrected chi connectivity index (χ0v) is 6.86. The van der Waals surface area contributed by atoms with Crippen LogP contribution in [-0.2, 0) is 0 Å². The summed E-state index contributed by atoms with van der Waals surface area (Å²) in [6.07, 6.45) is 0. The molecule has 0 aliphatic carbocycles. The van der Waals surface area contributed by atoms with Gasteiger partial charge in [0.15, 0.2) is 0 Å². The van der Waals surface area contributed by atoms with E-state index in [1.807, 2.05) is 6.92 Å². The third kappa shape index (κ3) is 2.53. The van der Waals surface area contributed by atoms with Gasteiger partial charge >= 0.3 is 0 Å². The van der Waals surface area contributed by atoms with E-state index < -0.39 is 0 Å². The lowest BCUT2D eigenvalue weighted by Gasteiger charge is -2.22. The Hall–Kier alpha value is -0.480. The number of nitrogens with zero attached hydrogens (tertiary/aromatic N) is 1. The molecule has 0 bridgehead atoms. The maximum absolute atomic E-state index is 3.15. The van der Waals surface area contributed by atoms with Gasteiger partial charge in [0, 0.05) is 6.92 Å².